The molecule has 1 atom stereocenters. The SMILES string of the molecule is Cc1ccc(C(C)C)cc1OCC(O)c1ccccc1N. The molecule has 0 aromatic heterocycles. The van der Waals surface area contributed by atoms with Crippen LogP contribution in [0.4, 0.5) is 5.69 Å². The fourth-order valence-corrected chi connectivity index (χ4v) is 2.20. The van der Waals surface area contributed by atoms with Gasteiger partial charge in [-0.3, -0.25) is 0 Å². The van der Waals surface area contributed by atoms with Gasteiger partial charge < -0.3 is 15.6 Å². The maximum atomic E-state index is 10.2. The van der Waals surface area contributed by atoms with Gasteiger partial charge in [0.25, 0.3) is 0 Å². The Bertz CT molecular complexity index is 608. The maximum Gasteiger partial charge on any atom is 0.122 e. The Morgan fingerprint density at radius 3 is 2.52 bits per heavy atom. The number of benzene rings is 2. The number of rotatable bonds is 5. The highest BCUT2D eigenvalue weighted by Crippen LogP contribution is 2.26. The molecule has 2 aromatic carbocycles. The molecular weight excluding hydrogens is 262 g/mol. The van der Waals surface area contributed by atoms with Crippen LogP contribution in [-0.4, -0.2) is 11.7 Å². The molecule has 0 bridgehead atoms. The fourth-order valence-electron chi connectivity index (χ4n) is 2.20. The molecule has 3 nitrogen and oxygen atoms in total. The summed E-state index contributed by atoms with van der Waals surface area (Å²) >= 11 is 0. The lowest BCUT2D eigenvalue weighted by atomic mass is 10.0. The summed E-state index contributed by atoms with van der Waals surface area (Å²) in [5.41, 5.74) is 9.45. The van der Waals surface area contributed by atoms with Gasteiger partial charge in [0.2, 0.25) is 0 Å². The number of aliphatic hydroxyl groups is 1. The Labute approximate surface area is 126 Å². The summed E-state index contributed by atoms with van der Waals surface area (Å²) in [6.45, 7) is 6.49. The predicted molar refractivity (Wildman–Crippen MR) is 86.6 cm³/mol. The van der Waals surface area contributed by atoms with Crippen molar-refractivity contribution >= 4 is 5.69 Å². The van der Waals surface area contributed by atoms with Crippen molar-refractivity contribution in [1.82, 2.24) is 0 Å². The number of hydrogen-bond donors (Lipinski definition) is 2. The molecule has 1 unspecified atom stereocenters. The van der Waals surface area contributed by atoms with Crippen molar-refractivity contribution in [3.05, 3.63) is 59.2 Å². The summed E-state index contributed by atoms with van der Waals surface area (Å²) in [7, 11) is 0. The van der Waals surface area contributed by atoms with Crippen molar-refractivity contribution in [3.63, 3.8) is 0 Å². The van der Waals surface area contributed by atoms with Crippen molar-refractivity contribution in [1.29, 1.82) is 0 Å². The number of para-hydroxylation sites is 1. The van der Waals surface area contributed by atoms with Crippen LogP contribution in [0.1, 0.15) is 42.6 Å². The lowest BCUT2D eigenvalue weighted by Gasteiger charge is -2.17. The zero-order chi connectivity index (χ0) is 15.4. The second-order valence-corrected chi connectivity index (χ2v) is 5.64. The standard InChI is InChI=1S/C18H23NO2/c1-12(2)14-9-8-13(3)18(10-14)21-11-17(20)15-6-4-5-7-16(15)19/h4-10,12,17,20H,11,19H2,1-3H3. The van der Waals surface area contributed by atoms with E-state index in [1.165, 1.54) is 5.56 Å². The minimum Gasteiger partial charge on any atom is -0.490 e. The molecule has 0 aliphatic carbocycles. The molecule has 0 radical (unpaired) electrons. The number of nitrogen functional groups attached to an aromatic ring is 1. The number of hydrogen-bond acceptors (Lipinski definition) is 3. The second-order valence-electron chi connectivity index (χ2n) is 5.64. The minimum absolute atomic E-state index is 0.191. The highest BCUT2D eigenvalue weighted by atomic mass is 16.5. The van der Waals surface area contributed by atoms with Crippen LogP contribution in [0, 0.1) is 6.92 Å². The maximum absolute atomic E-state index is 10.2. The molecule has 0 saturated carbocycles. The van der Waals surface area contributed by atoms with E-state index >= 15 is 0 Å². The molecule has 0 amide bonds. The van der Waals surface area contributed by atoms with Crippen molar-refractivity contribution in [3.8, 4) is 5.75 Å². The van der Waals surface area contributed by atoms with Crippen LogP contribution in [0.2, 0.25) is 0 Å². The normalized spacial score (nSPS) is 12.4. The van der Waals surface area contributed by atoms with E-state index in [1.807, 2.05) is 37.3 Å². The first-order valence-electron chi connectivity index (χ1n) is 7.25. The van der Waals surface area contributed by atoms with E-state index in [-0.39, 0.29) is 6.61 Å². The zero-order valence-electron chi connectivity index (χ0n) is 12.8. The molecular formula is C18H23NO2. The third-order valence-electron chi connectivity index (χ3n) is 3.63. The van der Waals surface area contributed by atoms with Crippen LogP contribution < -0.4 is 10.5 Å². The average Bonchev–Trinajstić information content (AvgIpc) is 2.46. The Morgan fingerprint density at radius 1 is 1.14 bits per heavy atom. The molecule has 21 heavy (non-hydrogen) atoms. The zero-order valence-corrected chi connectivity index (χ0v) is 12.8. The van der Waals surface area contributed by atoms with Crippen molar-refractivity contribution in [2.24, 2.45) is 0 Å². The molecule has 3 heteroatoms. The number of aliphatic hydroxyl groups excluding tert-OH is 1. The van der Waals surface area contributed by atoms with E-state index < -0.39 is 6.10 Å². The molecule has 2 rings (SSSR count). The van der Waals surface area contributed by atoms with E-state index in [0.29, 0.717) is 17.2 Å². The van der Waals surface area contributed by atoms with E-state index in [9.17, 15) is 5.11 Å². The lowest BCUT2D eigenvalue weighted by molar-refractivity contribution is 0.108. The first-order valence-corrected chi connectivity index (χ1v) is 7.25. The van der Waals surface area contributed by atoms with Gasteiger partial charge in [0, 0.05) is 11.3 Å². The van der Waals surface area contributed by atoms with Gasteiger partial charge in [0.05, 0.1) is 0 Å². The van der Waals surface area contributed by atoms with E-state index in [0.717, 1.165) is 11.3 Å². The van der Waals surface area contributed by atoms with Gasteiger partial charge in [-0.2, -0.15) is 0 Å². The number of ether oxygens (including phenoxy) is 1. The quantitative estimate of drug-likeness (QED) is 0.821. The molecule has 112 valence electrons. The van der Waals surface area contributed by atoms with E-state index in [1.54, 1.807) is 6.07 Å². The van der Waals surface area contributed by atoms with Crippen LogP contribution in [0.25, 0.3) is 0 Å². The summed E-state index contributed by atoms with van der Waals surface area (Å²) in [6.07, 6.45) is -0.728. The molecule has 0 saturated heterocycles. The van der Waals surface area contributed by atoms with Crippen molar-refractivity contribution < 1.29 is 9.84 Å². The minimum atomic E-state index is -0.728. The third-order valence-corrected chi connectivity index (χ3v) is 3.63. The summed E-state index contributed by atoms with van der Waals surface area (Å²) in [5, 5.41) is 10.2. The Kier molecular flexibility index (Phi) is 4.86. The number of anilines is 1. The summed E-state index contributed by atoms with van der Waals surface area (Å²) in [5.74, 6) is 1.26. The van der Waals surface area contributed by atoms with Gasteiger partial charge in [0.15, 0.2) is 0 Å². The molecule has 0 fully saturated rings. The highest BCUT2D eigenvalue weighted by molar-refractivity contribution is 5.47. The summed E-state index contributed by atoms with van der Waals surface area (Å²) < 4.78 is 5.79. The summed E-state index contributed by atoms with van der Waals surface area (Å²) in [6, 6.07) is 13.5. The van der Waals surface area contributed by atoms with Gasteiger partial charge in [-0.25, -0.2) is 0 Å². The Balaban J connectivity index is 2.09. The largest absolute Gasteiger partial charge is 0.490 e. The van der Waals surface area contributed by atoms with Crippen LogP contribution >= 0.6 is 0 Å². The Morgan fingerprint density at radius 2 is 1.86 bits per heavy atom. The molecule has 0 aliphatic heterocycles. The number of nitrogens with two attached hydrogens (primary N) is 1. The van der Waals surface area contributed by atoms with Crippen molar-refractivity contribution in [2.75, 3.05) is 12.3 Å². The predicted octanol–water partition coefficient (Wildman–Crippen LogP) is 3.81. The monoisotopic (exact) mass is 285 g/mol. The lowest BCUT2D eigenvalue weighted by Crippen LogP contribution is -2.12. The fraction of sp³-hybridized carbons (Fsp3) is 0.333. The van der Waals surface area contributed by atoms with Gasteiger partial charge in [-0.1, -0.05) is 44.2 Å². The van der Waals surface area contributed by atoms with Gasteiger partial charge in [-0.15, -0.1) is 0 Å². The molecule has 0 aliphatic rings. The average molecular weight is 285 g/mol. The first-order chi connectivity index (χ1) is 9.99. The Hall–Kier alpha value is -2.00. The van der Waals surface area contributed by atoms with E-state index in [2.05, 4.69) is 19.9 Å². The van der Waals surface area contributed by atoms with Gasteiger partial charge in [0.1, 0.15) is 18.5 Å². The van der Waals surface area contributed by atoms with E-state index in [4.69, 9.17) is 10.5 Å². The van der Waals surface area contributed by atoms with Crippen LogP contribution in [0.5, 0.6) is 5.75 Å². The van der Waals surface area contributed by atoms with Crippen LogP contribution in [0.15, 0.2) is 42.5 Å². The van der Waals surface area contributed by atoms with Crippen molar-refractivity contribution in [2.45, 2.75) is 32.8 Å². The molecule has 0 spiro atoms. The van der Waals surface area contributed by atoms with Crippen LogP contribution in [0.3, 0.4) is 0 Å². The number of aryl methyl sites for hydroxylation is 1. The molecule has 0 heterocycles. The topological polar surface area (TPSA) is 55.5 Å². The second kappa shape index (κ2) is 6.64. The molecule has 3 N–H and O–H groups in total. The smallest absolute Gasteiger partial charge is 0.122 e. The van der Waals surface area contributed by atoms with Crippen LogP contribution in [-0.2, 0) is 0 Å². The third kappa shape index (κ3) is 3.76. The first kappa shape index (κ1) is 15.4. The van der Waals surface area contributed by atoms with Gasteiger partial charge in [-0.05, 0) is 36.1 Å². The highest BCUT2D eigenvalue weighted by Gasteiger charge is 2.12. The van der Waals surface area contributed by atoms with Gasteiger partial charge >= 0.3 is 0 Å². The summed E-state index contributed by atoms with van der Waals surface area (Å²) in [4.78, 5) is 0. The molecule has 2 aromatic rings.